The molecule has 0 atom stereocenters. The Kier molecular flexibility index (Phi) is 3.97. The minimum atomic E-state index is -3.57. The summed E-state index contributed by atoms with van der Waals surface area (Å²) < 4.78 is 41.1. The molecule has 23 heavy (non-hydrogen) atoms. The molecular formula is C16H13FN2O3S. The SMILES string of the molecule is NS(=O)(=O)Cc1ccc(Oc2ccnc3cc(F)ccc23)cc1. The molecule has 2 N–H and O–H groups in total. The molecule has 0 spiro atoms. The van der Waals surface area contributed by atoms with Crippen LogP contribution >= 0.6 is 0 Å². The van der Waals surface area contributed by atoms with Gasteiger partial charge in [-0.25, -0.2) is 17.9 Å². The first-order valence-electron chi connectivity index (χ1n) is 6.72. The monoisotopic (exact) mass is 332 g/mol. The van der Waals surface area contributed by atoms with Gasteiger partial charge in [-0.3, -0.25) is 4.98 Å². The van der Waals surface area contributed by atoms with Crippen molar-refractivity contribution in [2.75, 3.05) is 0 Å². The average Bonchev–Trinajstić information content (AvgIpc) is 2.48. The third kappa shape index (κ3) is 3.82. The van der Waals surface area contributed by atoms with Gasteiger partial charge in [-0.05, 0) is 35.9 Å². The molecular weight excluding hydrogens is 319 g/mol. The third-order valence-electron chi connectivity index (χ3n) is 3.18. The number of fused-ring (bicyclic) bond motifs is 1. The summed E-state index contributed by atoms with van der Waals surface area (Å²) in [5, 5.41) is 5.69. The Hall–Kier alpha value is -2.51. The van der Waals surface area contributed by atoms with Crippen LogP contribution in [0.3, 0.4) is 0 Å². The Bertz CT molecular complexity index is 957. The number of halogens is 1. The maximum Gasteiger partial charge on any atom is 0.213 e. The van der Waals surface area contributed by atoms with E-state index in [-0.39, 0.29) is 11.6 Å². The Labute approximate surface area is 132 Å². The maximum absolute atomic E-state index is 13.2. The Balaban J connectivity index is 1.88. The summed E-state index contributed by atoms with van der Waals surface area (Å²) >= 11 is 0. The second-order valence-corrected chi connectivity index (χ2v) is 6.64. The van der Waals surface area contributed by atoms with Crippen molar-refractivity contribution in [1.82, 2.24) is 4.98 Å². The van der Waals surface area contributed by atoms with Crippen molar-refractivity contribution < 1.29 is 17.5 Å². The molecule has 0 bridgehead atoms. The minimum Gasteiger partial charge on any atom is -0.457 e. The third-order valence-corrected chi connectivity index (χ3v) is 3.92. The molecule has 0 aliphatic carbocycles. The van der Waals surface area contributed by atoms with E-state index in [4.69, 9.17) is 9.88 Å². The predicted molar refractivity (Wildman–Crippen MR) is 85.0 cm³/mol. The van der Waals surface area contributed by atoms with Crippen molar-refractivity contribution in [3.63, 3.8) is 0 Å². The molecule has 5 nitrogen and oxygen atoms in total. The number of aromatic nitrogens is 1. The topological polar surface area (TPSA) is 82.3 Å². The van der Waals surface area contributed by atoms with Gasteiger partial charge < -0.3 is 4.74 Å². The lowest BCUT2D eigenvalue weighted by atomic mass is 10.2. The molecule has 0 saturated heterocycles. The van der Waals surface area contributed by atoms with E-state index in [9.17, 15) is 12.8 Å². The molecule has 0 saturated carbocycles. The molecule has 0 amide bonds. The van der Waals surface area contributed by atoms with E-state index < -0.39 is 10.0 Å². The van der Waals surface area contributed by atoms with Crippen LogP contribution in [0.5, 0.6) is 11.5 Å². The number of ether oxygens (including phenoxy) is 1. The molecule has 1 heterocycles. The van der Waals surface area contributed by atoms with E-state index in [2.05, 4.69) is 4.98 Å². The number of benzene rings is 2. The lowest BCUT2D eigenvalue weighted by molar-refractivity contribution is 0.487. The van der Waals surface area contributed by atoms with Crippen LogP contribution in [0, 0.1) is 5.82 Å². The quantitative estimate of drug-likeness (QED) is 0.796. The number of hydrogen-bond donors (Lipinski definition) is 1. The highest BCUT2D eigenvalue weighted by Gasteiger charge is 2.07. The second-order valence-electron chi connectivity index (χ2n) is 5.02. The minimum absolute atomic E-state index is 0.231. The molecule has 0 aliphatic rings. The number of nitrogens with two attached hydrogens (primary N) is 1. The molecule has 1 aromatic heterocycles. The maximum atomic E-state index is 13.2. The lowest BCUT2D eigenvalue weighted by Gasteiger charge is -2.09. The van der Waals surface area contributed by atoms with Gasteiger partial charge in [0.15, 0.2) is 0 Å². The zero-order chi connectivity index (χ0) is 16.4. The first-order chi connectivity index (χ1) is 10.9. The summed E-state index contributed by atoms with van der Waals surface area (Å²) in [7, 11) is -3.57. The van der Waals surface area contributed by atoms with E-state index >= 15 is 0 Å². The molecule has 0 unspecified atom stereocenters. The fourth-order valence-electron chi connectivity index (χ4n) is 2.20. The van der Waals surface area contributed by atoms with Crippen LogP contribution in [0.25, 0.3) is 10.9 Å². The van der Waals surface area contributed by atoms with Gasteiger partial charge in [-0.2, -0.15) is 0 Å². The fraction of sp³-hybridized carbons (Fsp3) is 0.0625. The summed E-state index contributed by atoms with van der Waals surface area (Å²) in [6.07, 6.45) is 1.53. The van der Waals surface area contributed by atoms with Gasteiger partial charge in [-0.1, -0.05) is 12.1 Å². The summed E-state index contributed by atoms with van der Waals surface area (Å²) in [5.41, 5.74) is 1.06. The van der Waals surface area contributed by atoms with Gasteiger partial charge in [0.05, 0.1) is 11.3 Å². The van der Waals surface area contributed by atoms with Crippen molar-refractivity contribution in [3.05, 3.63) is 66.1 Å². The zero-order valence-electron chi connectivity index (χ0n) is 11.9. The van der Waals surface area contributed by atoms with Crippen LogP contribution in [0.15, 0.2) is 54.7 Å². The normalized spacial score (nSPS) is 11.6. The van der Waals surface area contributed by atoms with Crippen molar-refractivity contribution in [2.45, 2.75) is 5.75 Å². The van der Waals surface area contributed by atoms with Crippen LogP contribution in [0.1, 0.15) is 5.56 Å². The molecule has 7 heteroatoms. The average molecular weight is 332 g/mol. The second kappa shape index (κ2) is 5.94. The smallest absolute Gasteiger partial charge is 0.213 e. The summed E-state index contributed by atoms with van der Waals surface area (Å²) in [5.74, 6) is 0.466. The number of hydrogen-bond acceptors (Lipinski definition) is 4. The Morgan fingerprint density at radius 3 is 2.52 bits per heavy atom. The number of primary sulfonamides is 1. The van der Waals surface area contributed by atoms with Crippen LogP contribution in [0.2, 0.25) is 0 Å². The van der Waals surface area contributed by atoms with Crippen molar-refractivity contribution in [2.24, 2.45) is 5.14 Å². The first-order valence-corrected chi connectivity index (χ1v) is 8.44. The lowest BCUT2D eigenvalue weighted by Crippen LogP contribution is -2.14. The summed E-state index contributed by atoms with van der Waals surface area (Å²) in [6.45, 7) is 0. The van der Waals surface area contributed by atoms with E-state index in [1.807, 2.05) is 0 Å². The van der Waals surface area contributed by atoms with Crippen LogP contribution < -0.4 is 9.88 Å². The van der Waals surface area contributed by atoms with Gasteiger partial charge in [0.1, 0.15) is 17.3 Å². The van der Waals surface area contributed by atoms with Crippen LogP contribution in [-0.4, -0.2) is 13.4 Å². The highest BCUT2D eigenvalue weighted by molar-refractivity contribution is 7.88. The van der Waals surface area contributed by atoms with E-state index in [0.29, 0.717) is 28.0 Å². The van der Waals surface area contributed by atoms with E-state index in [0.717, 1.165) is 0 Å². The number of pyridine rings is 1. The predicted octanol–water partition coefficient (Wildman–Crippen LogP) is 2.95. The molecule has 118 valence electrons. The number of rotatable bonds is 4. The molecule has 0 radical (unpaired) electrons. The van der Waals surface area contributed by atoms with Gasteiger partial charge in [0.25, 0.3) is 0 Å². The first kappa shape index (κ1) is 15.4. The molecule has 3 aromatic rings. The van der Waals surface area contributed by atoms with Crippen molar-refractivity contribution >= 4 is 20.9 Å². The van der Waals surface area contributed by atoms with Gasteiger partial charge in [0, 0.05) is 17.6 Å². The Morgan fingerprint density at radius 1 is 1.09 bits per heavy atom. The van der Waals surface area contributed by atoms with E-state index in [1.54, 1.807) is 36.4 Å². The highest BCUT2D eigenvalue weighted by atomic mass is 32.2. The zero-order valence-corrected chi connectivity index (χ0v) is 12.8. The van der Waals surface area contributed by atoms with Gasteiger partial charge >= 0.3 is 0 Å². The van der Waals surface area contributed by atoms with Crippen molar-refractivity contribution in [3.8, 4) is 11.5 Å². The van der Waals surface area contributed by atoms with Crippen molar-refractivity contribution in [1.29, 1.82) is 0 Å². The summed E-state index contributed by atoms with van der Waals surface area (Å²) in [6, 6.07) is 12.5. The largest absolute Gasteiger partial charge is 0.457 e. The van der Waals surface area contributed by atoms with Gasteiger partial charge in [0.2, 0.25) is 10.0 Å². The van der Waals surface area contributed by atoms with Gasteiger partial charge in [-0.15, -0.1) is 0 Å². The van der Waals surface area contributed by atoms with Crippen LogP contribution in [0.4, 0.5) is 4.39 Å². The highest BCUT2D eigenvalue weighted by Crippen LogP contribution is 2.29. The van der Waals surface area contributed by atoms with Crippen LogP contribution in [-0.2, 0) is 15.8 Å². The number of sulfonamides is 1. The number of nitrogens with zero attached hydrogens (tertiary/aromatic N) is 1. The molecule has 0 fully saturated rings. The fourth-order valence-corrected chi connectivity index (χ4v) is 2.85. The molecule has 0 aliphatic heterocycles. The molecule has 2 aromatic carbocycles. The molecule has 3 rings (SSSR count). The Morgan fingerprint density at radius 2 is 1.83 bits per heavy atom. The summed E-state index contributed by atoms with van der Waals surface area (Å²) in [4.78, 5) is 4.10. The van der Waals surface area contributed by atoms with E-state index in [1.165, 1.54) is 18.3 Å². The standard InChI is InChI=1S/C16H13FN2O3S/c17-12-3-6-14-15(9-12)19-8-7-16(14)22-13-4-1-11(2-5-13)10-23(18,20)21/h1-9H,10H2,(H2,18,20,21).